The summed E-state index contributed by atoms with van der Waals surface area (Å²) in [5.74, 6) is -0.348. The third kappa shape index (κ3) is 2.66. The van der Waals surface area contributed by atoms with Gasteiger partial charge in [-0.3, -0.25) is 4.57 Å². The van der Waals surface area contributed by atoms with Crippen LogP contribution in [0.25, 0.3) is 5.69 Å². The van der Waals surface area contributed by atoms with Gasteiger partial charge in [-0.25, -0.2) is 9.78 Å². The molecule has 2 rings (SSSR count). The summed E-state index contributed by atoms with van der Waals surface area (Å²) in [6.07, 6.45) is 1.65. The van der Waals surface area contributed by atoms with Gasteiger partial charge in [-0.15, -0.1) is 0 Å². The number of ether oxygens (including phenoxy) is 1. The van der Waals surface area contributed by atoms with Gasteiger partial charge in [0.25, 0.3) is 0 Å². The number of imidazole rings is 1. The molecule has 1 heterocycles. The number of hydrogen-bond acceptors (Lipinski definition) is 4. The van der Waals surface area contributed by atoms with Gasteiger partial charge in [-0.05, 0) is 38.1 Å². The summed E-state index contributed by atoms with van der Waals surface area (Å²) in [7, 11) is 3.97. The van der Waals surface area contributed by atoms with E-state index in [1.165, 1.54) is 0 Å². The van der Waals surface area contributed by atoms with E-state index in [4.69, 9.17) is 4.74 Å². The number of aromatic nitrogens is 2. The van der Waals surface area contributed by atoms with Gasteiger partial charge in [0.1, 0.15) is 6.33 Å². The lowest BCUT2D eigenvalue weighted by atomic mass is 10.2. The Balaban J connectivity index is 2.40. The molecule has 1 aromatic carbocycles. The number of benzene rings is 1. The van der Waals surface area contributed by atoms with E-state index in [9.17, 15) is 4.79 Å². The topological polar surface area (TPSA) is 47.4 Å². The second kappa shape index (κ2) is 5.77. The smallest absolute Gasteiger partial charge is 0.357 e. The van der Waals surface area contributed by atoms with E-state index in [0.717, 1.165) is 11.4 Å². The Morgan fingerprint density at radius 2 is 1.95 bits per heavy atom. The predicted octanol–water partition coefficient (Wildman–Crippen LogP) is 2.42. The van der Waals surface area contributed by atoms with Gasteiger partial charge in [0.15, 0.2) is 5.69 Å². The van der Waals surface area contributed by atoms with Gasteiger partial charge in [0.05, 0.1) is 12.3 Å². The standard InChI is InChI=1S/C15H19N3O2/c1-5-20-15(19)14-11(2)16-10-18(14)13-8-6-12(7-9-13)17(3)4/h6-10H,5H2,1-4H3. The molecular weight excluding hydrogens is 254 g/mol. The Labute approximate surface area is 118 Å². The second-order valence-electron chi connectivity index (χ2n) is 4.68. The van der Waals surface area contributed by atoms with Crippen LogP contribution in [0.2, 0.25) is 0 Å². The molecule has 5 nitrogen and oxygen atoms in total. The molecule has 0 aliphatic heterocycles. The Kier molecular flexibility index (Phi) is 4.08. The Morgan fingerprint density at radius 3 is 2.50 bits per heavy atom. The summed E-state index contributed by atoms with van der Waals surface area (Å²) < 4.78 is 6.84. The van der Waals surface area contributed by atoms with Crippen LogP contribution >= 0.6 is 0 Å². The Morgan fingerprint density at radius 1 is 1.30 bits per heavy atom. The van der Waals surface area contributed by atoms with Crippen LogP contribution in [0.5, 0.6) is 0 Å². The molecule has 20 heavy (non-hydrogen) atoms. The molecule has 106 valence electrons. The molecule has 2 aromatic rings. The molecule has 0 saturated carbocycles. The Bertz CT molecular complexity index is 600. The van der Waals surface area contributed by atoms with Crippen molar-refractivity contribution in [2.75, 3.05) is 25.6 Å². The third-order valence-corrected chi connectivity index (χ3v) is 3.06. The first-order valence-electron chi connectivity index (χ1n) is 6.53. The van der Waals surface area contributed by atoms with Crippen molar-refractivity contribution in [1.82, 2.24) is 9.55 Å². The van der Waals surface area contributed by atoms with Crippen LogP contribution in [0.15, 0.2) is 30.6 Å². The lowest BCUT2D eigenvalue weighted by Gasteiger charge is -2.13. The SMILES string of the molecule is CCOC(=O)c1c(C)ncn1-c1ccc(N(C)C)cc1. The first kappa shape index (κ1) is 14.1. The van der Waals surface area contributed by atoms with Gasteiger partial charge in [0, 0.05) is 25.5 Å². The molecule has 0 unspecified atom stereocenters. The van der Waals surface area contributed by atoms with E-state index in [1.54, 1.807) is 24.7 Å². The zero-order valence-electron chi connectivity index (χ0n) is 12.3. The number of esters is 1. The Hall–Kier alpha value is -2.30. The highest BCUT2D eigenvalue weighted by Crippen LogP contribution is 2.19. The largest absolute Gasteiger partial charge is 0.461 e. The van der Waals surface area contributed by atoms with Gasteiger partial charge in [0.2, 0.25) is 0 Å². The monoisotopic (exact) mass is 273 g/mol. The molecule has 5 heteroatoms. The average Bonchev–Trinajstić information content (AvgIpc) is 2.81. The van der Waals surface area contributed by atoms with Crippen molar-refractivity contribution >= 4 is 11.7 Å². The fraction of sp³-hybridized carbons (Fsp3) is 0.333. The predicted molar refractivity (Wildman–Crippen MR) is 78.6 cm³/mol. The number of nitrogens with zero attached hydrogens (tertiary/aromatic N) is 3. The van der Waals surface area contributed by atoms with Crippen LogP contribution in [-0.2, 0) is 4.74 Å². The van der Waals surface area contributed by atoms with E-state index < -0.39 is 0 Å². The molecule has 0 aliphatic carbocycles. The number of carbonyl (C=O) groups is 1. The summed E-state index contributed by atoms with van der Waals surface area (Å²) in [6.45, 7) is 3.94. The maximum Gasteiger partial charge on any atom is 0.357 e. The summed E-state index contributed by atoms with van der Waals surface area (Å²) >= 11 is 0. The van der Waals surface area contributed by atoms with Gasteiger partial charge in [-0.2, -0.15) is 0 Å². The number of hydrogen-bond donors (Lipinski definition) is 0. The molecule has 0 spiro atoms. The van der Waals surface area contributed by atoms with Crippen molar-refractivity contribution in [3.8, 4) is 5.69 Å². The molecule has 0 N–H and O–H groups in total. The van der Waals surface area contributed by atoms with E-state index in [2.05, 4.69) is 4.98 Å². The van der Waals surface area contributed by atoms with E-state index in [0.29, 0.717) is 18.0 Å². The maximum atomic E-state index is 12.0. The zero-order chi connectivity index (χ0) is 14.7. The molecule has 0 radical (unpaired) electrons. The highest BCUT2D eigenvalue weighted by Gasteiger charge is 2.18. The normalized spacial score (nSPS) is 10.4. The van der Waals surface area contributed by atoms with Gasteiger partial charge < -0.3 is 9.64 Å². The number of rotatable bonds is 4. The highest BCUT2D eigenvalue weighted by atomic mass is 16.5. The first-order chi connectivity index (χ1) is 9.54. The number of carbonyl (C=O) groups excluding carboxylic acids is 1. The lowest BCUT2D eigenvalue weighted by molar-refractivity contribution is 0.0516. The van der Waals surface area contributed by atoms with Crippen LogP contribution in [0.4, 0.5) is 5.69 Å². The van der Waals surface area contributed by atoms with Crippen molar-refractivity contribution < 1.29 is 9.53 Å². The maximum absolute atomic E-state index is 12.0. The molecule has 0 saturated heterocycles. The number of anilines is 1. The van der Waals surface area contributed by atoms with Crippen LogP contribution in [0.3, 0.4) is 0 Å². The third-order valence-electron chi connectivity index (χ3n) is 3.06. The fourth-order valence-electron chi connectivity index (χ4n) is 1.99. The van der Waals surface area contributed by atoms with Gasteiger partial charge >= 0.3 is 5.97 Å². The molecule has 0 fully saturated rings. The summed E-state index contributed by atoms with van der Waals surface area (Å²) in [6, 6.07) is 7.91. The van der Waals surface area contributed by atoms with Crippen molar-refractivity contribution in [1.29, 1.82) is 0 Å². The van der Waals surface area contributed by atoms with Crippen molar-refractivity contribution in [3.05, 3.63) is 42.0 Å². The minimum Gasteiger partial charge on any atom is -0.461 e. The first-order valence-corrected chi connectivity index (χ1v) is 6.53. The fourth-order valence-corrected chi connectivity index (χ4v) is 1.99. The summed E-state index contributed by atoms with van der Waals surface area (Å²) in [5, 5.41) is 0. The van der Waals surface area contributed by atoms with Crippen LogP contribution in [-0.4, -0.2) is 36.2 Å². The molecule has 0 atom stereocenters. The highest BCUT2D eigenvalue weighted by molar-refractivity contribution is 5.89. The van der Waals surface area contributed by atoms with Gasteiger partial charge in [-0.1, -0.05) is 0 Å². The summed E-state index contributed by atoms with van der Waals surface area (Å²) in [4.78, 5) is 18.2. The van der Waals surface area contributed by atoms with E-state index in [-0.39, 0.29) is 5.97 Å². The van der Waals surface area contributed by atoms with Crippen LogP contribution in [0.1, 0.15) is 23.1 Å². The minimum atomic E-state index is -0.348. The van der Waals surface area contributed by atoms with Crippen molar-refractivity contribution in [3.63, 3.8) is 0 Å². The quantitative estimate of drug-likeness (QED) is 0.803. The van der Waals surface area contributed by atoms with E-state index >= 15 is 0 Å². The average molecular weight is 273 g/mol. The second-order valence-corrected chi connectivity index (χ2v) is 4.68. The zero-order valence-corrected chi connectivity index (χ0v) is 12.3. The molecule has 0 aliphatic rings. The van der Waals surface area contributed by atoms with E-state index in [1.807, 2.05) is 43.3 Å². The number of aryl methyl sites for hydroxylation is 1. The molecule has 0 amide bonds. The molecule has 1 aromatic heterocycles. The minimum absolute atomic E-state index is 0.348. The molecule has 0 bridgehead atoms. The van der Waals surface area contributed by atoms with Crippen molar-refractivity contribution in [2.45, 2.75) is 13.8 Å². The molecular formula is C15H19N3O2. The lowest BCUT2D eigenvalue weighted by Crippen LogP contribution is -2.12. The van der Waals surface area contributed by atoms with Crippen molar-refractivity contribution in [2.24, 2.45) is 0 Å². The van der Waals surface area contributed by atoms with Crippen LogP contribution < -0.4 is 4.90 Å². The summed E-state index contributed by atoms with van der Waals surface area (Å²) in [5.41, 5.74) is 3.13. The van der Waals surface area contributed by atoms with Crippen LogP contribution in [0, 0.1) is 6.92 Å².